The zero-order chi connectivity index (χ0) is 14.3. The van der Waals surface area contributed by atoms with Crippen LogP contribution in [-0.4, -0.2) is 11.9 Å². The van der Waals surface area contributed by atoms with Crippen molar-refractivity contribution in [3.8, 4) is 0 Å². The van der Waals surface area contributed by atoms with Crippen molar-refractivity contribution in [1.82, 2.24) is 5.32 Å². The van der Waals surface area contributed by atoms with Gasteiger partial charge in [-0.15, -0.1) is 0 Å². The molecular formula is C17H22BrNO. The van der Waals surface area contributed by atoms with Gasteiger partial charge in [0.15, 0.2) is 0 Å². The second kappa shape index (κ2) is 5.51. The summed E-state index contributed by atoms with van der Waals surface area (Å²) in [5, 5.41) is 3.23. The number of rotatable bonds is 3. The number of benzene rings is 1. The highest BCUT2D eigenvalue weighted by molar-refractivity contribution is 9.10. The van der Waals surface area contributed by atoms with Gasteiger partial charge in [0.05, 0.1) is 0 Å². The van der Waals surface area contributed by atoms with Gasteiger partial charge in [-0.25, -0.2) is 0 Å². The number of fused-ring (bicyclic) bond motifs is 2. The Kier molecular flexibility index (Phi) is 3.89. The predicted octanol–water partition coefficient (Wildman–Crippen LogP) is 4.31. The molecule has 0 saturated heterocycles. The van der Waals surface area contributed by atoms with Crippen LogP contribution in [0, 0.1) is 24.7 Å². The van der Waals surface area contributed by atoms with Gasteiger partial charge in [0, 0.05) is 16.1 Å². The smallest absolute Gasteiger partial charge is 0.251 e. The molecule has 2 fully saturated rings. The lowest BCUT2D eigenvalue weighted by molar-refractivity contribution is 0.0914. The molecule has 1 aromatic rings. The number of amides is 1. The molecule has 4 unspecified atom stereocenters. The van der Waals surface area contributed by atoms with E-state index in [2.05, 4.69) is 28.2 Å². The van der Waals surface area contributed by atoms with Gasteiger partial charge < -0.3 is 5.32 Å². The number of carbonyl (C=O) groups excluding carboxylic acids is 1. The summed E-state index contributed by atoms with van der Waals surface area (Å²) in [7, 11) is 0. The summed E-state index contributed by atoms with van der Waals surface area (Å²) in [6, 6.07) is 6.10. The van der Waals surface area contributed by atoms with Gasteiger partial charge in [-0.05, 0) is 68.6 Å². The Morgan fingerprint density at radius 2 is 2.15 bits per heavy atom. The van der Waals surface area contributed by atoms with Gasteiger partial charge in [-0.1, -0.05) is 28.4 Å². The molecule has 108 valence electrons. The van der Waals surface area contributed by atoms with Crippen LogP contribution in [0.4, 0.5) is 0 Å². The van der Waals surface area contributed by atoms with Crippen LogP contribution in [0.15, 0.2) is 22.7 Å². The summed E-state index contributed by atoms with van der Waals surface area (Å²) in [5.41, 5.74) is 1.81. The van der Waals surface area contributed by atoms with E-state index in [9.17, 15) is 4.79 Å². The zero-order valence-corrected chi connectivity index (χ0v) is 13.7. The monoisotopic (exact) mass is 335 g/mol. The maximum atomic E-state index is 12.5. The van der Waals surface area contributed by atoms with Crippen LogP contribution in [0.1, 0.15) is 48.5 Å². The van der Waals surface area contributed by atoms with Crippen molar-refractivity contribution < 1.29 is 4.79 Å². The van der Waals surface area contributed by atoms with Crippen LogP contribution in [0.3, 0.4) is 0 Å². The summed E-state index contributed by atoms with van der Waals surface area (Å²) < 4.78 is 0.998. The van der Waals surface area contributed by atoms with Crippen molar-refractivity contribution in [1.29, 1.82) is 0 Å². The van der Waals surface area contributed by atoms with Crippen molar-refractivity contribution in [2.45, 2.75) is 45.6 Å². The number of halogens is 1. The van der Waals surface area contributed by atoms with Crippen molar-refractivity contribution in [3.05, 3.63) is 33.8 Å². The molecule has 1 N–H and O–H groups in total. The topological polar surface area (TPSA) is 29.1 Å². The summed E-state index contributed by atoms with van der Waals surface area (Å²) >= 11 is 3.49. The van der Waals surface area contributed by atoms with Gasteiger partial charge in [-0.3, -0.25) is 4.79 Å². The molecule has 2 aliphatic rings. The summed E-state index contributed by atoms with van der Waals surface area (Å²) in [4.78, 5) is 12.5. The molecular weight excluding hydrogens is 314 g/mol. The van der Waals surface area contributed by atoms with Gasteiger partial charge in [0.25, 0.3) is 5.91 Å². The number of nitrogens with one attached hydrogen (secondary N) is 1. The zero-order valence-electron chi connectivity index (χ0n) is 12.2. The highest BCUT2D eigenvalue weighted by Crippen LogP contribution is 2.49. The van der Waals surface area contributed by atoms with E-state index in [0.29, 0.717) is 5.92 Å². The maximum Gasteiger partial charge on any atom is 0.251 e. The van der Waals surface area contributed by atoms with Gasteiger partial charge in [0.1, 0.15) is 0 Å². The minimum Gasteiger partial charge on any atom is -0.349 e. The molecule has 0 aliphatic heterocycles. The third-order valence-electron chi connectivity index (χ3n) is 5.31. The molecule has 20 heavy (non-hydrogen) atoms. The fraction of sp³-hybridized carbons (Fsp3) is 0.588. The summed E-state index contributed by atoms with van der Waals surface area (Å²) in [6.07, 6.45) is 5.47. The molecule has 0 spiro atoms. The fourth-order valence-corrected chi connectivity index (χ4v) is 4.52. The molecule has 0 radical (unpaired) electrons. The molecule has 2 bridgehead atoms. The highest BCUT2D eigenvalue weighted by atomic mass is 79.9. The predicted molar refractivity (Wildman–Crippen MR) is 84.7 cm³/mol. The maximum absolute atomic E-state index is 12.5. The SMILES string of the molecule is Cc1c(Br)cccc1C(=O)NC(C)C1CC2CCC1C2. The third-order valence-corrected chi connectivity index (χ3v) is 6.17. The summed E-state index contributed by atoms with van der Waals surface area (Å²) in [6.45, 7) is 4.16. The standard InChI is InChI=1S/C17H22BrNO/c1-10-14(4-3-5-16(10)18)17(20)19-11(2)15-9-12-6-7-13(15)8-12/h3-5,11-13,15H,6-9H2,1-2H3,(H,19,20). The average Bonchev–Trinajstić information content (AvgIpc) is 3.04. The number of carbonyl (C=O) groups is 1. The first-order chi connectivity index (χ1) is 9.56. The first-order valence-electron chi connectivity index (χ1n) is 7.62. The van der Waals surface area contributed by atoms with Gasteiger partial charge in [0.2, 0.25) is 0 Å². The lowest BCUT2D eigenvalue weighted by Gasteiger charge is -2.28. The number of hydrogen-bond acceptors (Lipinski definition) is 1. The van der Waals surface area contributed by atoms with Crippen molar-refractivity contribution in [3.63, 3.8) is 0 Å². The van der Waals surface area contributed by atoms with Gasteiger partial charge in [-0.2, -0.15) is 0 Å². The lowest BCUT2D eigenvalue weighted by Crippen LogP contribution is -2.40. The van der Waals surface area contributed by atoms with Crippen LogP contribution < -0.4 is 5.32 Å². The minimum atomic E-state index is 0.0686. The Morgan fingerprint density at radius 3 is 2.80 bits per heavy atom. The van der Waals surface area contributed by atoms with Crippen LogP contribution >= 0.6 is 15.9 Å². The molecule has 1 amide bonds. The first-order valence-corrected chi connectivity index (χ1v) is 8.41. The molecule has 2 nitrogen and oxygen atoms in total. The minimum absolute atomic E-state index is 0.0686. The first kappa shape index (κ1) is 14.1. The van der Waals surface area contributed by atoms with Gasteiger partial charge >= 0.3 is 0 Å². The Bertz CT molecular complexity index is 528. The fourth-order valence-electron chi connectivity index (χ4n) is 4.15. The molecule has 2 saturated carbocycles. The molecule has 4 atom stereocenters. The van der Waals surface area contributed by atoms with E-state index in [1.54, 1.807) is 0 Å². The van der Waals surface area contributed by atoms with E-state index >= 15 is 0 Å². The lowest BCUT2D eigenvalue weighted by atomic mass is 9.84. The Morgan fingerprint density at radius 1 is 1.35 bits per heavy atom. The Balaban J connectivity index is 1.68. The quantitative estimate of drug-likeness (QED) is 0.875. The van der Waals surface area contributed by atoms with E-state index in [0.717, 1.165) is 27.4 Å². The molecule has 1 aromatic carbocycles. The van der Waals surface area contributed by atoms with Crippen molar-refractivity contribution in [2.75, 3.05) is 0 Å². The summed E-state index contributed by atoms with van der Waals surface area (Å²) in [5.74, 6) is 2.53. The number of hydrogen-bond donors (Lipinski definition) is 1. The molecule has 2 aliphatic carbocycles. The second-order valence-electron chi connectivity index (χ2n) is 6.51. The van der Waals surface area contributed by atoms with E-state index < -0.39 is 0 Å². The Labute approximate surface area is 129 Å². The van der Waals surface area contributed by atoms with Crippen LogP contribution in [-0.2, 0) is 0 Å². The molecule has 0 aromatic heterocycles. The second-order valence-corrected chi connectivity index (χ2v) is 7.37. The van der Waals surface area contributed by atoms with Crippen LogP contribution in [0.5, 0.6) is 0 Å². The normalized spacial score (nSPS) is 29.4. The largest absolute Gasteiger partial charge is 0.349 e. The highest BCUT2D eigenvalue weighted by Gasteiger charge is 2.42. The molecule has 3 heteroatoms. The van der Waals surface area contributed by atoms with E-state index in [-0.39, 0.29) is 11.9 Å². The van der Waals surface area contributed by atoms with E-state index in [4.69, 9.17) is 0 Å². The van der Waals surface area contributed by atoms with Crippen molar-refractivity contribution >= 4 is 21.8 Å². The van der Waals surface area contributed by atoms with Crippen molar-refractivity contribution in [2.24, 2.45) is 17.8 Å². The van der Waals surface area contributed by atoms with Crippen LogP contribution in [0.2, 0.25) is 0 Å². The van der Waals surface area contributed by atoms with E-state index in [1.165, 1.54) is 25.7 Å². The van der Waals surface area contributed by atoms with E-state index in [1.807, 2.05) is 25.1 Å². The molecule has 3 rings (SSSR count). The molecule has 0 heterocycles. The van der Waals surface area contributed by atoms with Crippen LogP contribution in [0.25, 0.3) is 0 Å². The Hall–Kier alpha value is -0.830. The third kappa shape index (κ3) is 2.52. The average molecular weight is 336 g/mol.